The molecule has 3 aromatic rings. The minimum atomic E-state index is -1.05. The molecule has 0 aliphatic rings. The number of carbonyl (C=O) groups excluding carboxylic acids is 1. The maximum atomic E-state index is 12.2. The molecule has 108 valence electrons. The van der Waals surface area contributed by atoms with Crippen LogP contribution in [0.4, 0.5) is 0 Å². The van der Waals surface area contributed by atoms with Crippen molar-refractivity contribution in [2.75, 3.05) is 0 Å². The van der Waals surface area contributed by atoms with Gasteiger partial charge in [-0.15, -0.1) is 11.3 Å². The van der Waals surface area contributed by atoms with Gasteiger partial charge < -0.3 is 4.42 Å². The van der Waals surface area contributed by atoms with Gasteiger partial charge in [-0.05, 0) is 31.2 Å². The zero-order chi connectivity index (χ0) is 15.5. The molecule has 0 radical (unpaired) electrons. The van der Waals surface area contributed by atoms with Crippen LogP contribution in [0.2, 0.25) is 0 Å². The number of thiazole rings is 1. The highest BCUT2D eigenvalue weighted by Crippen LogP contribution is 2.22. The van der Waals surface area contributed by atoms with Gasteiger partial charge in [-0.1, -0.05) is 12.1 Å². The lowest BCUT2D eigenvalue weighted by atomic mass is 10.1. The minimum Gasteiger partial charge on any atom is -0.439 e. The average molecular weight is 309 g/mol. The van der Waals surface area contributed by atoms with Crippen molar-refractivity contribution in [3.63, 3.8) is 0 Å². The van der Waals surface area contributed by atoms with E-state index < -0.39 is 5.92 Å². The van der Waals surface area contributed by atoms with E-state index in [0.29, 0.717) is 16.8 Å². The molecule has 5 nitrogen and oxygen atoms in total. The summed E-state index contributed by atoms with van der Waals surface area (Å²) in [6.07, 6.45) is 2.94. The molecule has 0 unspecified atom stereocenters. The Kier molecular flexibility index (Phi) is 3.81. The number of allylic oxidation sites excluding steroid dienone is 1. The van der Waals surface area contributed by atoms with Gasteiger partial charge in [0.1, 0.15) is 5.52 Å². The number of benzene rings is 1. The van der Waals surface area contributed by atoms with Crippen molar-refractivity contribution < 1.29 is 9.21 Å². The molecule has 0 aliphatic carbocycles. The van der Waals surface area contributed by atoms with Gasteiger partial charge in [0.2, 0.25) is 5.89 Å². The lowest BCUT2D eigenvalue weighted by molar-refractivity contribution is -0.115. The summed E-state index contributed by atoms with van der Waals surface area (Å²) in [4.78, 5) is 20.6. The highest BCUT2D eigenvalue weighted by Gasteiger charge is 2.23. The van der Waals surface area contributed by atoms with Crippen LogP contribution in [0.3, 0.4) is 0 Å². The quantitative estimate of drug-likeness (QED) is 0.689. The van der Waals surface area contributed by atoms with Crippen molar-refractivity contribution in [1.29, 1.82) is 5.26 Å². The first-order valence-corrected chi connectivity index (χ1v) is 7.44. The number of fused-ring (bicyclic) bond motifs is 1. The summed E-state index contributed by atoms with van der Waals surface area (Å²) in [6.45, 7) is 1.89. The van der Waals surface area contributed by atoms with Crippen LogP contribution in [0.25, 0.3) is 17.2 Å². The second kappa shape index (κ2) is 5.92. The number of oxazole rings is 1. The SMILES string of the molecule is Cc1nc(/C=C\C(=O)[C@@H](C#N)c2nc3ccccc3o2)cs1. The predicted molar refractivity (Wildman–Crippen MR) is 83.3 cm³/mol. The van der Waals surface area contributed by atoms with Crippen LogP contribution in [-0.2, 0) is 4.79 Å². The summed E-state index contributed by atoms with van der Waals surface area (Å²) in [7, 11) is 0. The Balaban J connectivity index is 1.85. The summed E-state index contributed by atoms with van der Waals surface area (Å²) in [5.74, 6) is -1.31. The molecule has 0 N–H and O–H groups in total. The van der Waals surface area contributed by atoms with E-state index >= 15 is 0 Å². The first-order valence-electron chi connectivity index (χ1n) is 6.56. The normalized spacial score (nSPS) is 12.5. The van der Waals surface area contributed by atoms with Crippen LogP contribution < -0.4 is 0 Å². The van der Waals surface area contributed by atoms with Crippen molar-refractivity contribution in [2.24, 2.45) is 0 Å². The number of nitrogens with zero attached hydrogens (tertiary/aromatic N) is 3. The lowest BCUT2D eigenvalue weighted by Crippen LogP contribution is -2.08. The van der Waals surface area contributed by atoms with Crippen LogP contribution in [0.1, 0.15) is 22.5 Å². The number of para-hydroxylation sites is 2. The van der Waals surface area contributed by atoms with Crippen molar-refractivity contribution in [3.05, 3.63) is 52.3 Å². The zero-order valence-corrected chi connectivity index (χ0v) is 12.5. The Hall–Kier alpha value is -2.78. The number of hydrogen-bond acceptors (Lipinski definition) is 6. The Morgan fingerprint density at radius 2 is 2.23 bits per heavy atom. The van der Waals surface area contributed by atoms with Crippen molar-refractivity contribution in [2.45, 2.75) is 12.8 Å². The Labute approximate surface area is 130 Å². The molecule has 0 fully saturated rings. The molecular formula is C16H11N3O2S. The third kappa shape index (κ3) is 2.80. The van der Waals surface area contributed by atoms with Crippen molar-refractivity contribution in [3.8, 4) is 6.07 Å². The lowest BCUT2D eigenvalue weighted by Gasteiger charge is -1.98. The molecule has 1 aromatic carbocycles. The molecule has 1 atom stereocenters. The van der Waals surface area contributed by atoms with Gasteiger partial charge in [0.05, 0.1) is 16.8 Å². The summed E-state index contributed by atoms with van der Waals surface area (Å²) in [5, 5.41) is 12.0. The highest BCUT2D eigenvalue weighted by molar-refractivity contribution is 7.09. The summed E-state index contributed by atoms with van der Waals surface area (Å²) < 4.78 is 5.50. The monoisotopic (exact) mass is 309 g/mol. The number of hydrogen-bond donors (Lipinski definition) is 0. The van der Waals surface area contributed by atoms with E-state index in [-0.39, 0.29) is 11.7 Å². The third-order valence-electron chi connectivity index (χ3n) is 3.03. The number of ketones is 1. The number of nitriles is 1. The van der Waals surface area contributed by atoms with Gasteiger partial charge in [0.15, 0.2) is 17.3 Å². The number of carbonyl (C=O) groups is 1. The van der Waals surface area contributed by atoms with Gasteiger partial charge >= 0.3 is 0 Å². The molecule has 2 aromatic heterocycles. The maximum Gasteiger partial charge on any atom is 0.220 e. The van der Waals surface area contributed by atoms with E-state index in [1.165, 1.54) is 17.4 Å². The average Bonchev–Trinajstić information content (AvgIpc) is 3.11. The maximum absolute atomic E-state index is 12.2. The Morgan fingerprint density at radius 3 is 2.91 bits per heavy atom. The van der Waals surface area contributed by atoms with Crippen LogP contribution in [0.5, 0.6) is 0 Å². The van der Waals surface area contributed by atoms with E-state index in [9.17, 15) is 10.1 Å². The number of aromatic nitrogens is 2. The standard InChI is InChI=1S/C16H11N3O2S/c1-10-18-11(9-22-10)6-7-14(20)12(8-17)16-19-13-4-2-3-5-15(13)21-16/h2-7,9,12H,1H3/b7-6-/t12-/m1/s1. The van der Waals surface area contributed by atoms with E-state index in [2.05, 4.69) is 9.97 Å². The Morgan fingerprint density at radius 1 is 1.41 bits per heavy atom. The van der Waals surface area contributed by atoms with Crippen LogP contribution >= 0.6 is 11.3 Å². The van der Waals surface area contributed by atoms with Crippen molar-refractivity contribution >= 4 is 34.3 Å². The summed E-state index contributed by atoms with van der Waals surface area (Å²) in [5.41, 5.74) is 1.89. The molecule has 2 heterocycles. The van der Waals surface area contributed by atoms with E-state index in [0.717, 1.165) is 5.01 Å². The molecule has 0 saturated heterocycles. The summed E-state index contributed by atoms with van der Waals surface area (Å²) in [6, 6.07) is 9.10. The molecule has 3 rings (SSSR count). The molecule has 0 amide bonds. The van der Waals surface area contributed by atoms with Gasteiger partial charge in [-0.25, -0.2) is 9.97 Å². The fraction of sp³-hybridized carbons (Fsp3) is 0.125. The van der Waals surface area contributed by atoms with Crippen LogP contribution in [0, 0.1) is 18.3 Å². The number of aryl methyl sites for hydroxylation is 1. The fourth-order valence-corrected chi connectivity index (χ4v) is 2.56. The molecule has 0 bridgehead atoms. The summed E-state index contributed by atoms with van der Waals surface area (Å²) >= 11 is 1.50. The minimum absolute atomic E-state index is 0.118. The molecule has 0 aliphatic heterocycles. The first-order chi connectivity index (χ1) is 10.7. The first kappa shape index (κ1) is 14.2. The second-order valence-electron chi connectivity index (χ2n) is 4.61. The molecule has 0 spiro atoms. The van der Waals surface area contributed by atoms with E-state index in [1.54, 1.807) is 18.2 Å². The van der Waals surface area contributed by atoms with Crippen molar-refractivity contribution in [1.82, 2.24) is 9.97 Å². The third-order valence-corrected chi connectivity index (χ3v) is 3.82. The van der Waals surface area contributed by atoms with Crippen LogP contribution in [-0.4, -0.2) is 15.8 Å². The van der Waals surface area contributed by atoms with Crippen LogP contribution in [0.15, 0.2) is 40.1 Å². The predicted octanol–water partition coefficient (Wildman–Crippen LogP) is 3.48. The largest absolute Gasteiger partial charge is 0.439 e. The van der Waals surface area contributed by atoms with E-state index in [1.807, 2.05) is 30.5 Å². The fourth-order valence-electron chi connectivity index (χ4n) is 1.97. The molecule has 6 heteroatoms. The second-order valence-corrected chi connectivity index (χ2v) is 5.67. The Bertz CT molecular complexity index is 868. The highest BCUT2D eigenvalue weighted by atomic mass is 32.1. The zero-order valence-electron chi connectivity index (χ0n) is 11.7. The van der Waals surface area contributed by atoms with Gasteiger partial charge in [-0.3, -0.25) is 4.79 Å². The molecule has 0 saturated carbocycles. The number of rotatable bonds is 4. The van der Waals surface area contributed by atoms with Gasteiger partial charge in [-0.2, -0.15) is 5.26 Å². The topological polar surface area (TPSA) is 79.8 Å². The van der Waals surface area contributed by atoms with E-state index in [4.69, 9.17) is 4.42 Å². The smallest absolute Gasteiger partial charge is 0.220 e. The van der Waals surface area contributed by atoms with Gasteiger partial charge in [0.25, 0.3) is 0 Å². The molecular weight excluding hydrogens is 298 g/mol. The molecule has 22 heavy (non-hydrogen) atoms. The van der Waals surface area contributed by atoms with Gasteiger partial charge in [0, 0.05) is 5.38 Å².